The summed E-state index contributed by atoms with van der Waals surface area (Å²) in [4.78, 5) is 11.8. The monoisotopic (exact) mass is 538 g/mol. The van der Waals surface area contributed by atoms with Crippen LogP contribution in [0.25, 0.3) is 11.1 Å². The third-order valence-corrected chi connectivity index (χ3v) is 5.80. The summed E-state index contributed by atoms with van der Waals surface area (Å²) in [5.41, 5.74) is -0.887. The number of carbonyl (C=O) groups is 1. The molecule has 7 nitrogen and oxygen atoms in total. The molecule has 1 saturated heterocycles. The van der Waals surface area contributed by atoms with Gasteiger partial charge in [0.25, 0.3) is 0 Å². The lowest BCUT2D eigenvalue weighted by Crippen LogP contribution is -2.31. The zero-order valence-corrected chi connectivity index (χ0v) is 19.7. The fourth-order valence-corrected chi connectivity index (χ4v) is 3.99. The van der Waals surface area contributed by atoms with Gasteiger partial charge in [-0.25, -0.2) is 4.68 Å². The number of rotatable bonds is 5. The Hall–Kier alpha value is -4.00. The van der Waals surface area contributed by atoms with Crippen LogP contribution in [0.4, 0.5) is 26.3 Å². The molecule has 200 valence electrons. The Kier molecular flexibility index (Phi) is 7.40. The number of nitrogens with zero attached hydrogens (tertiary/aromatic N) is 4. The molecular weight excluding hydrogens is 518 g/mol. The number of hydrogen-bond donors (Lipinski definition) is 1. The molecule has 0 bridgehead atoms. The average Bonchev–Trinajstić information content (AvgIpc) is 3.26. The summed E-state index contributed by atoms with van der Waals surface area (Å²) in [6, 6.07) is 8.19. The highest BCUT2D eigenvalue weighted by Gasteiger charge is 2.32. The zero-order chi connectivity index (χ0) is 27.7. The number of halogens is 6. The van der Waals surface area contributed by atoms with E-state index in [9.17, 15) is 36.2 Å². The van der Waals surface area contributed by atoms with E-state index in [0.29, 0.717) is 0 Å². The van der Waals surface area contributed by atoms with E-state index in [4.69, 9.17) is 4.74 Å². The van der Waals surface area contributed by atoms with Crippen LogP contribution in [0.3, 0.4) is 0 Å². The molecule has 38 heavy (non-hydrogen) atoms. The summed E-state index contributed by atoms with van der Waals surface area (Å²) in [6.07, 6.45) is -8.10. The summed E-state index contributed by atoms with van der Waals surface area (Å²) in [5, 5.41) is 21.3. The number of benzene rings is 2. The molecule has 0 unspecified atom stereocenters. The van der Waals surface area contributed by atoms with Crippen LogP contribution in [0.15, 0.2) is 60.7 Å². The highest BCUT2D eigenvalue weighted by atomic mass is 19.4. The largest absolute Gasteiger partial charge is 0.458 e. The first kappa shape index (κ1) is 27.0. The van der Waals surface area contributed by atoms with Crippen molar-refractivity contribution >= 4 is 17.1 Å². The van der Waals surface area contributed by atoms with E-state index in [-0.39, 0.29) is 40.9 Å². The van der Waals surface area contributed by atoms with Gasteiger partial charge in [-0.15, -0.1) is 5.10 Å². The maximum absolute atomic E-state index is 13.2. The molecule has 0 saturated carbocycles. The van der Waals surface area contributed by atoms with Crippen molar-refractivity contribution in [2.45, 2.75) is 37.4 Å². The number of allylic oxidation sites excluding steroid dienone is 2. The zero-order valence-electron chi connectivity index (χ0n) is 19.7. The van der Waals surface area contributed by atoms with Gasteiger partial charge in [-0.05, 0) is 57.5 Å². The number of ether oxygens (including phenoxy) is 1. The van der Waals surface area contributed by atoms with Gasteiger partial charge in [-0.2, -0.15) is 26.3 Å². The maximum Gasteiger partial charge on any atom is 0.416 e. The number of alkyl halides is 6. The third kappa shape index (κ3) is 6.10. The van der Waals surface area contributed by atoms with Crippen molar-refractivity contribution in [2.75, 3.05) is 0 Å². The Balaban J connectivity index is 1.92. The summed E-state index contributed by atoms with van der Waals surface area (Å²) in [6.45, 7) is 0. The molecule has 4 rings (SSSR count). The molecule has 1 fully saturated rings. The Morgan fingerprint density at radius 1 is 0.974 bits per heavy atom. The molecule has 1 aliphatic rings. The summed E-state index contributed by atoms with van der Waals surface area (Å²) >= 11 is 0. The van der Waals surface area contributed by atoms with Crippen LogP contribution in [0, 0.1) is 0 Å². The molecule has 0 amide bonds. The minimum absolute atomic E-state index is 0.0997. The van der Waals surface area contributed by atoms with Crippen LogP contribution < -0.4 is 0 Å². The number of tetrazole rings is 1. The lowest BCUT2D eigenvalue weighted by Gasteiger charge is -2.23. The molecule has 3 aromatic rings. The number of aromatic nitrogens is 4. The van der Waals surface area contributed by atoms with Crippen LogP contribution in [0.5, 0.6) is 0 Å². The molecule has 1 N–H and O–H groups in total. The molecule has 1 aliphatic heterocycles. The Morgan fingerprint density at radius 2 is 1.50 bits per heavy atom. The number of hydrogen-bond acceptors (Lipinski definition) is 6. The minimum Gasteiger partial charge on any atom is -0.458 e. The summed E-state index contributed by atoms with van der Waals surface area (Å²) in [5.74, 6) is -0.478. The van der Waals surface area contributed by atoms with Gasteiger partial charge in [0.05, 0.1) is 23.7 Å². The van der Waals surface area contributed by atoms with Crippen LogP contribution in [0.2, 0.25) is 0 Å². The lowest BCUT2D eigenvalue weighted by molar-refractivity contribution is -0.156. The maximum atomic E-state index is 13.2. The van der Waals surface area contributed by atoms with E-state index in [1.54, 1.807) is 0 Å². The number of aliphatic hydroxyl groups excluding tert-OH is 1. The van der Waals surface area contributed by atoms with Crippen molar-refractivity contribution < 1.29 is 41.0 Å². The topological polar surface area (TPSA) is 90.1 Å². The van der Waals surface area contributed by atoms with E-state index < -0.39 is 41.7 Å². The van der Waals surface area contributed by atoms with Crippen molar-refractivity contribution in [1.82, 2.24) is 20.2 Å². The number of aryl methyl sites for hydroxylation is 1. The number of aliphatic hydroxyl groups is 1. The van der Waals surface area contributed by atoms with Crippen molar-refractivity contribution in [3.05, 3.63) is 88.8 Å². The Morgan fingerprint density at radius 3 is 1.92 bits per heavy atom. The van der Waals surface area contributed by atoms with Gasteiger partial charge in [0.15, 0.2) is 5.82 Å². The van der Waals surface area contributed by atoms with E-state index in [1.165, 1.54) is 48.1 Å². The minimum atomic E-state index is -4.60. The second-order valence-corrected chi connectivity index (χ2v) is 8.55. The molecule has 2 heterocycles. The Labute approximate surface area is 212 Å². The molecule has 1 aromatic heterocycles. The van der Waals surface area contributed by atoms with Gasteiger partial charge in [0.1, 0.15) is 6.10 Å². The SMILES string of the molecule is Cn1nnnc1C(C=C[C@@H]1C[C@@H](O)CC(=O)O1)=C(c1ccc(C(F)(F)F)cc1)c1ccc(C(F)(F)F)cc1. The van der Waals surface area contributed by atoms with Crippen LogP contribution in [0.1, 0.15) is 40.9 Å². The second-order valence-electron chi connectivity index (χ2n) is 8.55. The lowest BCUT2D eigenvalue weighted by atomic mass is 9.90. The predicted molar refractivity (Wildman–Crippen MR) is 122 cm³/mol. The van der Waals surface area contributed by atoms with Gasteiger partial charge in [0, 0.05) is 19.0 Å². The van der Waals surface area contributed by atoms with Crippen LogP contribution >= 0.6 is 0 Å². The smallest absolute Gasteiger partial charge is 0.416 e. The first-order valence-electron chi connectivity index (χ1n) is 11.2. The average molecular weight is 538 g/mol. The second kappa shape index (κ2) is 10.4. The van der Waals surface area contributed by atoms with Crippen molar-refractivity contribution in [3.8, 4) is 0 Å². The number of esters is 1. The van der Waals surface area contributed by atoms with Crippen molar-refractivity contribution in [3.63, 3.8) is 0 Å². The number of cyclic esters (lactones) is 1. The molecule has 13 heteroatoms. The van der Waals surface area contributed by atoms with Gasteiger partial charge in [-0.1, -0.05) is 30.3 Å². The van der Waals surface area contributed by atoms with Crippen LogP contribution in [-0.4, -0.2) is 43.5 Å². The third-order valence-electron chi connectivity index (χ3n) is 5.80. The standard InChI is InChI=1S/C25H20F6N4O3/c1-35-23(32-33-34-35)20(11-10-19-12-18(36)13-21(37)38-19)22(14-2-6-16(7-3-14)24(26,27)28)15-4-8-17(9-5-15)25(29,30)31/h2-11,18-19,36H,12-13H2,1H3/t18-,19-/m1/s1. The molecule has 0 aliphatic carbocycles. The fraction of sp³-hybridized carbons (Fsp3) is 0.280. The van der Waals surface area contributed by atoms with Gasteiger partial charge in [0.2, 0.25) is 0 Å². The van der Waals surface area contributed by atoms with E-state index in [2.05, 4.69) is 15.5 Å². The van der Waals surface area contributed by atoms with Gasteiger partial charge >= 0.3 is 18.3 Å². The normalized spacial score (nSPS) is 18.5. The van der Waals surface area contributed by atoms with Crippen molar-refractivity contribution in [1.29, 1.82) is 0 Å². The molecule has 0 spiro atoms. The van der Waals surface area contributed by atoms with E-state index in [1.807, 2.05) is 0 Å². The first-order chi connectivity index (χ1) is 17.8. The van der Waals surface area contributed by atoms with Crippen molar-refractivity contribution in [2.24, 2.45) is 7.05 Å². The summed E-state index contributed by atoms with van der Waals surface area (Å²) < 4.78 is 85.7. The number of carbonyl (C=O) groups excluding carboxylic acids is 1. The molecule has 0 radical (unpaired) electrons. The molecule has 2 aromatic carbocycles. The molecular formula is C25H20F6N4O3. The summed E-state index contributed by atoms with van der Waals surface area (Å²) in [7, 11) is 1.50. The fourth-order valence-electron chi connectivity index (χ4n) is 3.99. The predicted octanol–water partition coefficient (Wildman–Crippen LogP) is 4.83. The van der Waals surface area contributed by atoms with E-state index >= 15 is 0 Å². The Bertz CT molecular complexity index is 1300. The highest BCUT2D eigenvalue weighted by molar-refractivity contribution is 6.01. The molecule has 2 atom stereocenters. The first-order valence-corrected chi connectivity index (χ1v) is 11.2. The van der Waals surface area contributed by atoms with E-state index in [0.717, 1.165) is 24.3 Å². The quantitative estimate of drug-likeness (QED) is 0.285. The van der Waals surface area contributed by atoms with Gasteiger partial charge < -0.3 is 9.84 Å². The van der Waals surface area contributed by atoms with Gasteiger partial charge in [-0.3, -0.25) is 4.79 Å². The van der Waals surface area contributed by atoms with Crippen LogP contribution in [-0.2, 0) is 28.9 Å². The highest BCUT2D eigenvalue weighted by Crippen LogP contribution is 2.37.